The highest BCUT2D eigenvalue weighted by molar-refractivity contribution is 7.87. The standard InChI is InChI=1S/C18H22F6O4.C12H14F2O4.C11H14F2O5S/c1-14(19,20)7-26-13(25)15-4-10-2-11(5-15)18(12(3-10)6-15)27-8-16(21,22)17(23,24)9-28-18;1-12(13,14)4-17-11(16)8-5-2-6-7(3-5)10(15)18-9(6)8;1-11(12,13)4-17-10(14)8-5-2-6-7(3-5)19(15,16)18-9(6)8/h10-12H,2-9H2,1H3;5-9H,2-4H2,1H3;5-9H,2-4H2,1H3. The lowest BCUT2D eigenvalue weighted by atomic mass is 9.47. The molecule has 24 heteroatoms. The first-order chi connectivity index (χ1) is 29.8. The van der Waals surface area contributed by atoms with Gasteiger partial charge in [0.05, 0.1) is 34.5 Å². The number of carbonyl (C=O) groups is 4. The number of alkyl halides is 10. The zero-order valence-corrected chi connectivity index (χ0v) is 36.2. The summed E-state index contributed by atoms with van der Waals surface area (Å²) in [6.45, 7) is -3.85. The monoisotopic (exact) mass is 972 g/mol. The lowest BCUT2D eigenvalue weighted by Gasteiger charge is -2.62. The minimum Gasteiger partial charge on any atom is -0.461 e. The average Bonchev–Trinajstić information content (AvgIpc) is 4.00. The van der Waals surface area contributed by atoms with E-state index in [1.807, 2.05) is 0 Å². The summed E-state index contributed by atoms with van der Waals surface area (Å²) < 4.78 is 190. The van der Waals surface area contributed by atoms with E-state index < -0.39 is 143 Å². The summed E-state index contributed by atoms with van der Waals surface area (Å²) in [4.78, 5) is 47.8. The Morgan fingerprint density at radius 3 is 1.66 bits per heavy atom. The highest BCUT2D eigenvalue weighted by Gasteiger charge is 2.71. The molecule has 12 atom stereocenters. The van der Waals surface area contributed by atoms with E-state index in [-0.39, 0.29) is 54.3 Å². The van der Waals surface area contributed by atoms with Gasteiger partial charge in [-0.25, -0.2) is 26.3 Å². The molecule has 12 unspecified atom stereocenters. The molecule has 8 aliphatic carbocycles. The third-order valence-electron chi connectivity index (χ3n) is 15.2. The van der Waals surface area contributed by atoms with Crippen molar-refractivity contribution in [1.82, 2.24) is 0 Å². The van der Waals surface area contributed by atoms with Crippen molar-refractivity contribution in [2.75, 3.05) is 33.0 Å². The minimum absolute atomic E-state index is 0.0503. The number of rotatable bonds is 9. The van der Waals surface area contributed by atoms with Gasteiger partial charge in [-0.1, -0.05) is 0 Å². The van der Waals surface area contributed by atoms with E-state index >= 15 is 0 Å². The molecule has 0 radical (unpaired) electrons. The average molecular weight is 973 g/mol. The summed E-state index contributed by atoms with van der Waals surface area (Å²) in [6.07, 6.45) is 2.89. The van der Waals surface area contributed by atoms with Crippen LogP contribution >= 0.6 is 0 Å². The zero-order chi connectivity index (χ0) is 47.7. The van der Waals surface area contributed by atoms with Gasteiger partial charge in [0.15, 0.2) is 25.6 Å². The molecule has 0 aromatic heterocycles. The van der Waals surface area contributed by atoms with Crippen molar-refractivity contribution in [3.05, 3.63) is 0 Å². The van der Waals surface area contributed by atoms with E-state index in [1.165, 1.54) is 0 Å². The van der Waals surface area contributed by atoms with Crippen molar-refractivity contribution in [2.24, 2.45) is 64.6 Å². The Hall–Kier alpha value is -2.99. The quantitative estimate of drug-likeness (QED) is 0.109. The normalized spacial score (nSPS) is 41.2. The lowest BCUT2D eigenvalue weighted by Crippen LogP contribution is -2.65. The van der Waals surface area contributed by atoms with Gasteiger partial charge in [0.25, 0.3) is 27.9 Å². The number of hydrogen-bond acceptors (Lipinski definition) is 13. The van der Waals surface area contributed by atoms with Gasteiger partial charge < -0.3 is 28.4 Å². The van der Waals surface area contributed by atoms with Crippen molar-refractivity contribution >= 4 is 34.0 Å². The first-order valence-electron chi connectivity index (χ1n) is 21.6. The topological polar surface area (TPSA) is 167 Å². The largest absolute Gasteiger partial charge is 0.461 e. The number of fused-ring (bicyclic) bond motifs is 2. The number of carbonyl (C=O) groups excluding carboxylic acids is 4. The van der Waals surface area contributed by atoms with Crippen LogP contribution in [0.2, 0.25) is 0 Å². The second-order valence-corrected chi connectivity index (χ2v) is 22.1. The maximum atomic E-state index is 13.8. The van der Waals surface area contributed by atoms with Crippen molar-refractivity contribution in [3.63, 3.8) is 0 Å². The molecule has 3 heterocycles. The fraction of sp³-hybridized carbons (Fsp3) is 0.902. The maximum absolute atomic E-state index is 13.8. The van der Waals surface area contributed by atoms with E-state index in [9.17, 15) is 71.5 Å². The number of ether oxygens (including phenoxy) is 6. The molecule has 8 saturated carbocycles. The number of hydrogen-bond donors (Lipinski definition) is 0. The van der Waals surface area contributed by atoms with Crippen LogP contribution < -0.4 is 0 Å². The van der Waals surface area contributed by atoms with Crippen LogP contribution in [0.1, 0.15) is 78.6 Å². The molecule has 11 fully saturated rings. The number of halogens is 10. The van der Waals surface area contributed by atoms with E-state index in [4.69, 9.17) is 23.1 Å². The fourth-order valence-corrected chi connectivity index (χ4v) is 14.7. The van der Waals surface area contributed by atoms with E-state index in [0.29, 0.717) is 59.3 Å². The van der Waals surface area contributed by atoms with Crippen LogP contribution in [0.5, 0.6) is 0 Å². The minimum atomic E-state index is -4.35. The summed E-state index contributed by atoms with van der Waals surface area (Å²) >= 11 is 0. The smallest absolute Gasteiger partial charge is 0.335 e. The van der Waals surface area contributed by atoms with Gasteiger partial charge in [0, 0.05) is 44.4 Å². The lowest BCUT2D eigenvalue weighted by molar-refractivity contribution is -0.346. The Balaban J connectivity index is 0.000000138. The predicted molar refractivity (Wildman–Crippen MR) is 196 cm³/mol. The molecule has 0 aromatic carbocycles. The van der Waals surface area contributed by atoms with Gasteiger partial charge in [-0.05, 0) is 75.5 Å². The second-order valence-electron chi connectivity index (χ2n) is 20.3. The molecule has 0 amide bonds. The van der Waals surface area contributed by atoms with E-state index in [0.717, 1.165) is 6.42 Å². The molecule has 3 aliphatic heterocycles. The maximum Gasteiger partial charge on any atom is 0.335 e. The summed E-state index contributed by atoms with van der Waals surface area (Å²) in [5, 5.41) is -0.529. The molecule has 65 heavy (non-hydrogen) atoms. The van der Waals surface area contributed by atoms with Gasteiger partial charge >= 0.3 is 35.7 Å². The molecule has 0 N–H and O–H groups in total. The van der Waals surface area contributed by atoms with Crippen molar-refractivity contribution in [1.29, 1.82) is 0 Å². The third kappa shape index (κ3) is 8.96. The van der Waals surface area contributed by atoms with Gasteiger partial charge in [0.2, 0.25) is 0 Å². The second kappa shape index (κ2) is 16.0. The molecular formula is C41H50F10O13S. The van der Waals surface area contributed by atoms with Crippen LogP contribution in [0, 0.1) is 64.6 Å². The summed E-state index contributed by atoms with van der Waals surface area (Å²) in [7, 11) is -3.60. The van der Waals surface area contributed by atoms with Crippen LogP contribution in [0.3, 0.4) is 0 Å². The Bertz CT molecular complexity index is 1990. The van der Waals surface area contributed by atoms with Gasteiger partial charge in [-0.15, -0.1) is 0 Å². The van der Waals surface area contributed by atoms with Crippen LogP contribution in [0.4, 0.5) is 43.9 Å². The van der Waals surface area contributed by atoms with Crippen molar-refractivity contribution in [3.8, 4) is 0 Å². The SMILES string of the molecule is CC(F)(F)COC(=O)C12CC3CC(C1)C1(OCC(F)(F)C(F)(F)CO1)C(C3)C2.CC(F)(F)COC(=O)C1C2CC3C(=O)OC1C3C2.CC(F)(F)COC(=O)C1C2CC3C1OS(=O)(=O)C3C2. The highest BCUT2D eigenvalue weighted by atomic mass is 32.2. The fourth-order valence-electron chi connectivity index (χ4n) is 12.8. The van der Waals surface area contributed by atoms with Gasteiger partial charge in [0.1, 0.15) is 19.3 Å². The highest BCUT2D eigenvalue weighted by Crippen LogP contribution is 2.66. The first kappa shape index (κ1) is 48.5. The van der Waals surface area contributed by atoms with Crippen LogP contribution in [-0.4, -0.2) is 118 Å². The van der Waals surface area contributed by atoms with Crippen molar-refractivity contribution < 1.29 is 104 Å². The summed E-state index contributed by atoms with van der Waals surface area (Å²) in [5.41, 5.74) is -1.02. The van der Waals surface area contributed by atoms with E-state index in [1.54, 1.807) is 0 Å². The third-order valence-corrected chi connectivity index (χ3v) is 16.9. The molecule has 1 spiro atoms. The van der Waals surface area contributed by atoms with Crippen LogP contribution in [0.15, 0.2) is 0 Å². The van der Waals surface area contributed by atoms with Crippen LogP contribution in [-0.2, 0) is 61.9 Å². The van der Waals surface area contributed by atoms with Crippen LogP contribution in [0.25, 0.3) is 0 Å². The zero-order valence-electron chi connectivity index (χ0n) is 35.4. The van der Waals surface area contributed by atoms with E-state index in [2.05, 4.69) is 9.47 Å². The summed E-state index contributed by atoms with van der Waals surface area (Å²) in [6, 6.07) is 0. The Labute approximate surface area is 366 Å². The van der Waals surface area contributed by atoms with Crippen molar-refractivity contribution in [2.45, 2.75) is 131 Å². The Morgan fingerprint density at radius 2 is 1.14 bits per heavy atom. The first-order valence-corrected chi connectivity index (χ1v) is 23.1. The predicted octanol–water partition coefficient (Wildman–Crippen LogP) is 6.35. The molecule has 11 rings (SSSR count). The Morgan fingerprint density at radius 1 is 0.662 bits per heavy atom. The molecule has 3 saturated heterocycles. The molecule has 13 nitrogen and oxygen atoms in total. The molecule has 0 aromatic rings. The molecular weight excluding hydrogens is 922 g/mol. The molecule has 8 bridgehead atoms. The molecule has 11 aliphatic rings. The summed E-state index contributed by atoms with van der Waals surface area (Å²) in [5.74, 6) is -24.6. The molecule has 368 valence electrons. The Kier molecular flexibility index (Phi) is 12.0. The van der Waals surface area contributed by atoms with Gasteiger partial charge in [-0.3, -0.25) is 23.4 Å². The van der Waals surface area contributed by atoms with Gasteiger partial charge in [-0.2, -0.15) is 26.0 Å². The number of esters is 4.